The van der Waals surface area contributed by atoms with Crippen molar-refractivity contribution in [3.8, 4) is 0 Å². The van der Waals surface area contributed by atoms with E-state index in [0.29, 0.717) is 30.3 Å². The molecule has 3 aromatic rings. The predicted molar refractivity (Wildman–Crippen MR) is 167 cm³/mol. The second kappa shape index (κ2) is 11.9. The summed E-state index contributed by atoms with van der Waals surface area (Å²) in [7, 11) is 0. The average Bonchev–Trinajstić information content (AvgIpc) is 3.73. The van der Waals surface area contributed by atoms with Gasteiger partial charge in [0.15, 0.2) is 0 Å². The van der Waals surface area contributed by atoms with E-state index in [-0.39, 0.29) is 38.2 Å². The van der Waals surface area contributed by atoms with Crippen LogP contribution in [0.4, 0.5) is 0 Å². The molecule has 3 saturated heterocycles. The highest BCUT2D eigenvalue weighted by atomic mass is 32.2. The molecule has 1 aromatic heterocycles. The van der Waals surface area contributed by atoms with E-state index < -0.39 is 39.4 Å². The molecule has 2 unspecified atom stereocenters. The fourth-order valence-electron chi connectivity index (χ4n) is 7.43. The second-order valence-corrected chi connectivity index (χ2v) is 13.8. The van der Waals surface area contributed by atoms with E-state index >= 15 is 0 Å². The van der Waals surface area contributed by atoms with Gasteiger partial charge in [-0.2, -0.15) is 0 Å². The summed E-state index contributed by atoms with van der Waals surface area (Å²) in [6, 6.07) is 15.0. The molecule has 3 aliphatic heterocycles. The molecular weight excluding hydrogens is 578 g/mol. The maximum Gasteiger partial charge on any atom is 0.311 e. The van der Waals surface area contributed by atoms with Gasteiger partial charge in [0.1, 0.15) is 18.2 Å². The van der Waals surface area contributed by atoms with Crippen LogP contribution >= 0.6 is 11.8 Å². The SMILES string of the molecule is C=CCCOC(=O)[C@@H]1[C@H]2C(=O)N([C@H](CO)c3ccccc3)C(C(=O)N(CC=C)Cn3nnc4ccccc43)C23CC[C@@]1(C)S3. The summed E-state index contributed by atoms with van der Waals surface area (Å²) < 4.78 is 5.88. The molecule has 0 saturated carbocycles. The van der Waals surface area contributed by atoms with Crippen LogP contribution in [0.25, 0.3) is 11.0 Å². The van der Waals surface area contributed by atoms with Gasteiger partial charge in [0.2, 0.25) is 11.8 Å². The zero-order valence-electron chi connectivity index (χ0n) is 24.7. The number of rotatable bonds is 12. The third kappa shape index (κ3) is 4.73. The Labute approximate surface area is 260 Å². The molecule has 44 heavy (non-hydrogen) atoms. The van der Waals surface area contributed by atoms with Crippen molar-refractivity contribution in [2.45, 2.75) is 54.4 Å². The van der Waals surface area contributed by atoms with Crippen LogP contribution in [0, 0.1) is 11.8 Å². The van der Waals surface area contributed by atoms with E-state index in [9.17, 15) is 19.5 Å². The number of thioether (sulfide) groups is 1. The van der Waals surface area contributed by atoms with Gasteiger partial charge in [0.25, 0.3) is 0 Å². The molecule has 10 nitrogen and oxygen atoms in total. The predicted octanol–water partition coefficient (Wildman–Crippen LogP) is 3.74. The van der Waals surface area contributed by atoms with Crippen molar-refractivity contribution in [1.29, 1.82) is 0 Å². The first-order chi connectivity index (χ1) is 21.3. The molecule has 1 spiro atoms. The zero-order valence-corrected chi connectivity index (χ0v) is 25.6. The molecule has 2 amide bonds. The zero-order chi connectivity index (χ0) is 31.1. The third-order valence-electron chi connectivity index (χ3n) is 9.35. The molecule has 0 radical (unpaired) electrons. The van der Waals surface area contributed by atoms with Gasteiger partial charge < -0.3 is 19.6 Å². The van der Waals surface area contributed by atoms with Crippen LogP contribution in [0.3, 0.4) is 0 Å². The van der Waals surface area contributed by atoms with Crippen molar-refractivity contribution < 1.29 is 24.2 Å². The van der Waals surface area contributed by atoms with Crippen LogP contribution in [-0.4, -0.2) is 83.0 Å². The Bertz CT molecular complexity index is 1600. The highest BCUT2D eigenvalue weighted by Crippen LogP contribution is 2.72. The summed E-state index contributed by atoms with van der Waals surface area (Å²) in [6.45, 7) is 9.70. The van der Waals surface area contributed by atoms with E-state index in [1.807, 2.05) is 61.5 Å². The lowest BCUT2D eigenvalue weighted by Crippen LogP contribution is -2.55. The second-order valence-electron chi connectivity index (χ2n) is 11.9. The van der Waals surface area contributed by atoms with Crippen LogP contribution in [-0.2, 0) is 25.8 Å². The maximum atomic E-state index is 14.9. The minimum atomic E-state index is -0.940. The first-order valence-corrected chi connectivity index (χ1v) is 15.7. The fourth-order valence-corrected chi connectivity index (χ4v) is 9.75. The van der Waals surface area contributed by atoms with Gasteiger partial charge in [0.05, 0.1) is 41.4 Å². The lowest BCUT2D eigenvalue weighted by atomic mass is 9.66. The smallest absolute Gasteiger partial charge is 0.311 e. The molecule has 11 heteroatoms. The Balaban J connectivity index is 1.44. The van der Waals surface area contributed by atoms with Gasteiger partial charge in [0, 0.05) is 11.3 Å². The molecule has 2 aromatic carbocycles. The van der Waals surface area contributed by atoms with Gasteiger partial charge in [-0.1, -0.05) is 59.8 Å². The number of aromatic nitrogens is 3. The number of nitrogens with zero attached hydrogens (tertiary/aromatic N) is 5. The quantitative estimate of drug-likeness (QED) is 0.186. The summed E-state index contributed by atoms with van der Waals surface area (Å²) in [5.74, 6) is -2.51. The first-order valence-electron chi connectivity index (χ1n) is 14.9. The van der Waals surface area contributed by atoms with Crippen molar-refractivity contribution in [2.24, 2.45) is 11.8 Å². The Kier molecular flexibility index (Phi) is 8.10. The number of ether oxygens (including phenoxy) is 1. The van der Waals surface area contributed by atoms with Crippen LogP contribution in [0.2, 0.25) is 0 Å². The van der Waals surface area contributed by atoms with Gasteiger partial charge in [-0.3, -0.25) is 14.4 Å². The summed E-state index contributed by atoms with van der Waals surface area (Å²) in [4.78, 5) is 46.4. The number of esters is 1. The highest BCUT2D eigenvalue weighted by molar-refractivity contribution is 8.02. The first kappa shape index (κ1) is 30.1. The van der Waals surface area contributed by atoms with Crippen molar-refractivity contribution in [3.05, 3.63) is 85.5 Å². The van der Waals surface area contributed by atoms with Gasteiger partial charge >= 0.3 is 5.97 Å². The number of fused-ring (bicyclic) bond motifs is 2. The molecular formula is C33H37N5O5S. The number of para-hydroxylation sites is 1. The van der Waals surface area contributed by atoms with Crippen molar-refractivity contribution in [3.63, 3.8) is 0 Å². The molecule has 0 aliphatic carbocycles. The van der Waals surface area contributed by atoms with E-state index in [1.54, 1.807) is 38.4 Å². The molecule has 2 bridgehead atoms. The number of hydrogen-bond acceptors (Lipinski definition) is 8. The molecule has 230 valence electrons. The molecule has 1 N–H and O–H groups in total. The largest absolute Gasteiger partial charge is 0.465 e. The summed E-state index contributed by atoms with van der Waals surface area (Å²) >= 11 is 1.57. The lowest BCUT2D eigenvalue weighted by Gasteiger charge is -2.39. The number of carbonyl (C=O) groups excluding carboxylic acids is 3. The minimum absolute atomic E-state index is 0.0920. The Hall–Kier alpha value is -3.96. The normalized spacial score (nSPS) is 27.7. The lowest BCUT2D eigenvalue weighted by molar-refractivity contribution is -0.156. The Morgan fingerprint density at radius 1 is 1.16 bits per heavy atom. The molecule has 6 rings (SSSR count). The fraction of sp³-hybridized carbons (Fsp3) is 0.424. The number of likely N-dealkylation sites (tertiary alicyclic amines) is 1. The van der Waals surface area contributed by atoms with Crippen molar-refractivity contribution >= 4 is 40.6 Å². The number of amides is 2. The number of aliphatic hydroxyl groups is 1. The van der Waals surface area contributed by atoms with Gasteiger partial charge in [-0.25, -0.2) is 4.68 Å². The van der Waals surface area contributed by atoms with E-state index in [2.05, 4.69) is 23.5 Å². The highest BCUT2D eigenvalue weighted by Gasteiger charge is 2.78. The van der Waals surface area contributed by atoms with E-state index in [1.165, 1.54) is 0 Å². The number of benzene rings is 2. The number of carbonyl (C=O) groups is 3. The minimum Gasteiger partial charge on any atom is -0.465 e. The summed E-state index contributed by atoms with van der Waals surface area (Å²) in [6.07, 6.45) is 5.07. The standard InChI is InChI=1S/C33H37N5O5S/c1-4-6-19-43-31(42)27-26-29(40)38(25(20-39)22-12-8-7-9-13-22)28(33(26)17-16-32(27,3)44-33)30(41)36(18-5-2)21-37-24-15-11-10-14-23(24)34-35-37/h4-5,7-15,25-28,39H,1-2,6,16-21H2,3H3/t25-,26+,27+,28?,32-,33?/m1/s1. The summed E-state index contributed by atoms with van der Waals surface area (Å²) in [5, 5.41) is 19.3. The number of aliphatic hydroxyl groups excluding tert-OH is 1. The van der Waals surface area contributed by atoms with E-state index in [0.717, 1.165) is 5.52 Å². The van der Waals surface area contributed by atoms with Crippen molar-refractivity contribution in [2.75, 3.05) is 19.8 Å². The van der Waals surface area contributed by atoms with Gasteiger partial charge in [-0.05, 0) is 43.9 Å². The summed E-state index contributed by atoms with van der Waals surface area (Å²) in [5.41, 5.74) is 2.19. The Morgan fingerprint density at radius 2 is 1.91 bits per heavy atom. The molecule has 3 aliphatic rings. The maximum absolute atomic E-state index is 14.9. The van der Waals surface area contributed by atoms with Crippen molar-refractivity contribution in [1.82, 2.24) is 24.8 Å². The van der Waals surface area contributed by atoms with Crippen LogP contribution in [0.5, 0.6) is 0 Å². The molecule has 4 heterocycles. The number of hydrogen-bond donors (Lipinski definition) is 1. The monoisotopic (exact) mass is 615 g/mol. The Morgan fingerprint density at radius 3 is 2.64 bits per heavy atom. The van der Waals surface area contributed by atoms with Crippen LogP contribution in [0.15, 0.2) is 79.9 Å². The van der Waals surface area contributed by atoms with Gasteiger partial charge in [-0.15, -0.1) is 30.0 Å². The molecule has 3 fully saturated rings. The molecule has 6 atom stereocenters. The van der Waals surface area contributed by atoms with E-state index in [4.69, 9.17) is 4.74 Å². The third-order valence-corrected chi connectivity index (χ3v) is 11.3. The van der Waals surface area contributed by atoms with Crippen LogP contribution in [0.1, 0.15) is 37.8 Å². The average molecular weight is 616 g/mol. The topological polar surface area (TPSA) is 118 Å². The van der Waals surface area contributed by atoms with Crippen LogP contribution < -0.4 is 0 Å².